The molecule has 3 fully saturated rings. The highest BCUT2D eigenvalue weighted by Gasteiger charge is 2.63. The Kier molecular flexibility index (Phi) is 9.17. The molecule has 0 saturated carbocycles. The molecular formula is C28H36O12. The molecule has 220 valence electrons. The predicted molar refractivity (Wildman–Crippen MR) is 135 cm³/mol. The molecule has 0 aliphatic carbocycles. The maximum Gasteiger partial charge on any atom is 0.222 e. The fourth-order valence-corrected chi connectivity index (χ4v) is 5.13. The van der Waals surface area contributed by atoms with Gasteiger partial charge in [0, 0.05) is 0 Å². The summed E-state index contributed by atoms with van der Waals surface area (Å²) in [6.45, 7) is -0.863. The van der Waals surface area contributed by atoms with Crippen molar-refractivity contribution < 1.29 is 59.1 Å². The lowest BCUT2D eigenvalue weighted by molar-refractivity contribution is -0.468. The molecule has 2 aromatic carbocycles. The zero-order chi connectivity index (χ0) is 28.3. The van der Waals surface area contributed by atoms with E-state index in [1.165, 1.54) is 0 Å². The van der Waals surface area contributed by atoms with Gasteiger partial charge >= 0.3 is 0 Å². The van der Waals surface area contributed by atoms with Crippen molar-refractivity contribution in [2.24, 2.45) is 0 Å². The second-order valence-corrected chi connectivity index (χ2v) is 10.4. The van der Waals surface area contributed by atoms with Crippen molar-refractivity contribution >= 4 is 0 Å². The maximum atomic E-state index is 10.8. The number of aliphatic hydroxyl groups is 6. The van der Waals surface area contributed by atoms with Crippen LogP contribution in [-0.2, 0) is 41.6 Å². The first kappa shape index (κ1) is 29.5. The Hall–Kier alpha value is -2.04. The van der Waals surface area contributed by atoms with Crippen LogP contribution in [0.2, 0.25) is 0 Å². The Labute approximate surface area is 231 Å². The number of rotatable bonds is 8. The Bertz CT molecular complexity index is 978. The zero-order valence-corrected chi connectivity index (χ0v) is 21.8. The molecule has 6 N–H and O–H groups in total. The van der Waals surface area contributed by atoms with E-state index in [1.54, 1.807) is 0 Å². The minimum Gasteiger partial charge on any atom is -0.387 e. The Morgan fingerprint density at radius 2 is 0.950 bits per heavy atom. The summed E-state index contributed by atoms with van der Waals surface area (Å²) in [6, 6.07) is 18.7. The van der Waals surface area contributed by atoms with E-state index in [-0.39, 0.29) is 26.4 Å². The quantitative estimate of drug-likeness (QED) is 0.227. The van der Waals surface area contributed by atoms with Gasteiger partial charge in [-0.1, -0.05) is 60.7 Å². The first-order chi connectivity index (χ1) is 19.2. The van der Waals surface area contributed by atoms with Crippen molar-refractivity contribution in [2.45, 2.75) is 73.6 Å². The molecule has 10 atom stereocenters. The number of ether oxygens (including phenoxy) is 6. The molecule has 2 spiro atoms. The molecule has 0 radical (unpaired) electrons. The van der Waals surface area contributed by atoms with Gasteiger partial charge in [0.25, 0.3) is 0 Å². The summed E-state index contributed by atoms with van der Waals surface area (Å²) in [7, 11) is 0. The normalized spacial score (nSPS) is 40.0. The molecule has 3 aliphatic rings. The van der Waals surface area contributed by atoms with E-state index in [1.807, 2.05) is 60.7 Å². The van der Waals surface area contributed by atoms with Crippen molar-refractivity contribution in [1.29, 1.82) is 0 Å². The highest BCUT2D eigenvalue weighted by Crippen LogP contribution is 2.41. The highest BCUT2D eigenvalue weighted by molar-refractivity contribution is 5.14. The molecule has 3 saturated heterocycles. The molecule has 0 amide bonds. The van der Waals surface area contributed by atoms with Crippen molar-refractivity contribution in [3.63, 3.8) is 0 Å². The molecule has 5 rings (SSSR count). The van der Waals surface area contributed by atoms with E-state index >= 15 is 0 Å². The molecule has 0 aromatic heterocycles. The summed E-state index contributed by atoms with van der Waals surface area (Å²) in [5.41, 5.74) is 1.79. The summed E-state index contributed by atoms with van der Waals surface area (Å²) in [5.74, 6) is -3.85. The Morgan fingerprint density at radius 1 is 0.575 bits per heavy atom. The van der Waals surface area contributed by atoms with Crippen LogP contribution in [-0.4, -0.2) is 117 Å². The van der Waals surface area contributed by atoms with E-state index in [4.69, 9.17) is 28.4 Å². The van der Waals surface area contributed by atoms with Crippen LogP contribution < -0.4 is 0 Å². The topological polar surface area (TPSA) is 177 Å². The molecule has 3 heterocycles. The van der Waals surface area contributed by atoms with Gasteiger partial charge in [-0.2, -0.15) is 0 Å². The van der Waals surface area contributed by atoms with Gasteiger partial charge in [0.15, 0.2) is 0 Å². The standard InChI is InChI=1S/C28H36O12/c29-21-19(13-35-11-17-7-3-1-4-8-17)39-27(25(33)23(21)31)15-38-28(16-37-27)26(34)24(32)22(30)20(40-28)14-36-12-18-9-5-2-6-10-18/h1-10,19-26,29-34H,11-16H2/t19-,20-,21-,22-,23+,24+,25-,26-,27+,28+/m1/s1. The molecule has 0 bridgehead atoms. The number of hydrogen-bond donors (Lipinski definition) is 6. The van der Waals surface area contributed by atoms with Gasteiger partial charge in [-0.15, -0.1) is 0 Å². The lowest BCUT2D eigenvalue weighted by atomic mass is 9.89. The van der Waals surface area contributed by atoms with Crippen LogP contribution in [0, 0.1) is 0 Å². The maximum absolute atomic E-state index is 10.8. The molecule has 12 heteroatoms. The third kappa shape index (κ3) is 5.95. The molecule has 2 aromatic rings. The van der Waals surface area contributed by atoms with Gasteiger partial charge in [0.05, 0.1) is 26.4 Å². The summed E-state index contributed by atoms with van der Waals surface area (Å²) < 4.78 is 34.9. The van der Waals surface area contributed by atoms with Crippen molar-refractivity contribution in [3.8, 4) is 0 Å². The van der Waals surface area contributed by atoms with Crippen molar-refractivity contribution in [1.82, 2.24) is 0 Å². The van der Waals surface area contributed by atoms with Gasteiger partial charge in [0.1, 0.15) is 62.0 Å². The second-order valence-electron chi connectivity index (χ2n) is 10.4. The highest BCUT2D eigenvalue weighted by atomic mass is 16.8. The third-order valence-corrected chi connectivity index (χ3v) is 7.53. The summed E-state index contributed by atoms with van der Waals surface area (Å²) in [4.78, 5) is 0. The van der Waals surface area contributed by atoms with Crippen LogP contribution in [0.25, 0.3) is 0 Å². The molecule has 12 nitrogen and oxygen atoms in total. The lowest BCUT2D eigenvalue weighted by Gasteiger charge is -2.56. The summed E-state index contributed by atoms with van der Waals surface area (Å²) in [5, 5.41) is 63.7. The molecule has 0 unspecified atom stereocenters. The second kappa shape index (κ2) is 12.4. The smallest absolute Gasteiger partial charge is 0.222 e. The monoisotopic (exact) mass is 564 g/mol. The van der Waals surface area contributed by atoms with E-state index in [0.717, 1.165) is 11.1 Å². The van der Waals surface area contributed by atoms with Crippen LogP contribution in [0.3, 0.4) is 0 Å². The van der Waals surface area contributed by atoms with Gasteiger partial charge in [-0.25, -0.2) is 0 Å². The van der Waals surface area contributed by atoms with Crippen LogP contribution in [0.1, 0.15) is 11.1 Å². The van der Waals surface area contributed by atoms with Crippen LogP contribution in [0.15, 0.2) is 60.7 Å². The molecule has 3 aliphatic heterocycles. The van der Waals surface area contributed by atoms with Crippen molar-refractivity contribution in [2.75, 3.05) is 26.4 Å². The first-order valence-corrected chi connectivity index (χ1v) is 13.2. The number of hydrogen-bond acceptors (Lipinski definition) is 12. The predicted octanol–water partition coefficient (Wildman–Crippen LogP) is -1.18. The zero-order valence-electron chi connectivity index (χ0n) is 21.8. The minimum absolute atomic E-state index is 0.124. The van der Waals surface area contributed by atoms with E-state index in [9.17, 15) is 30.6 Å². The minimum atomic E-state index is -1.92. The fourth-order valence-electron chi connectivity index (χ4n) is 5.13. The summed E-state index contributed by atoms with van der Waals surface area (Å²) in [6.07, 6.45) is -11.9. The fraction of sp³-hybridized carbons (Fsp3) is 0.571. The number of aliphatic hydroxyl groups excluding tert-OH is 6. The van der Waals surface area contributed by atoms with Crippen molar-refractivity contribution in [3.05, 3.63) is 71.8 Å². The van der Waals surface area contributed by atoms with E-state index in [2.05, 4.69) is 0 Å². The summed E-state index contributed by atoms with van der Waals surface area (Å²) >= 11 is 0. The van der Waals surface area contributed by atoms with Crippen LogP contribution >= 0.6 is 0 Å². The van der Waals surface area contributed by atoms with Gasteiger partial charge in [-0.05, 0) is 11.1 Å². The molecule has 40 heavy (non-hydrogen) atoms. The van der Waals surface area contributed by atoms with Gasteiger partial charge < -0.3 is 59.1 Å². The first-order valence-electron chi connectivity index (χ1n) is 13.2. The SMILES string of the molecule is O[C@H]1[C@H](O)[C@@H](COCc2ccccc2)O[C@@]2(CO[C@@]3(CO2)O[C@H](COCc2ccccc2)[C@@H](O)[C@H](O)[C@H]3O)[C@@H]1O. The van der Waals surface area contributed by atoms with Gasteiger partial charge in [0.2, 0.25) is 11.6 Å². The average molecular weight is 565 g/mol. The van der Waals surface area contributed by atoms with Crippen LogP contribution in [0.4, 0.5) is 0 Å². The Morgan fingerprint density at radius 3 is 1.30 bits per heavy atom. The van der Waals surface area contributed by atoms with Crippen LogP contribution in [0.5, 0.6) is 0 Å². The largest absolute Gasteiger partial charge is 0.387 e. The van der Waals surface area contributed by atoms with E-state index in [0.29, 0.717) is 0 Å². The average Bonchev–Trinajstić information content (AvgIpc) is 2.98. The third-order valence-electron chi connectivity index (χ3n) is 7.53. The number of benzene rings is 2. The van der Waals surface area contributed by atoms with Gasteiger partial charge in [-0.3, -0.25) is 0 Å². The lowest BCUT2D eigenvalue weighted by Crippen LogP contribution is -2.75. The Balaban J connectivity index is 1.22. The molecular weight excluding hydrogens is 528 g/mol. The van der Waals surface area contributed by atoms with E-state index < -0.39 is 73.6 Å².